The first-order valence-electron chi connectivity index (χ1n) is 9.29. The van der Waals surface area contributed by atoms with E-state index in [9.17, 15) is 23.1 Å². The van der Waals surface area contributed by atoms with E-state index in [-0.39, 0.29) is 17.9 Å². The first-order valence-corrected chi connectivity index (χ1v) is 10.9. The quantitative estimate of drug-likeness (QED) is 0.755. The molecule has 3 atom stereocenters. The molecule has 3 aliphatic rings. The zero-order valence-electron chi connectivity index (χ0n) is 14.7. The summed E-state index contributed by atoms with van der Waals surface area (Å²) in [5, 5.41) is 9.50. The molecule has 7 nitrogen and oxygen atoms in total. The van der Waals surface area contributed by atoms with Crippen molar-refractivity contribution in [3.63, 3.8) is 0 Å². The number of nitrogens with one attached hydrogen (secondary N) is 1. The minimum absolute atomic E-state index is 0.0306. The lowest BCUT2D eigenvalue weighted by molar-refractivity contribution is -0.148. The molecule has 0 aromatic rings. The van der Waals surface area contributed by atoms with Crippen LogP contribution in [0, 0.1) is 17.8 Å². The van der Waals surface area contributed by atoms with Crippen LogP contribution in [0.3, 0.4) is 0 Å². The molecule has 1 aliphatic heterocycles. The van der Waals surface area contributed by atoms with E-state index in [1.807, 2.05) is 0 Å². The lowest BCUT2D eigenvalue weighted by Gasteiger charge is -2.28. The minimum atomic E-state index is -3.74. The summed E-state index contributed by atoms with van der Waals surface area (Å²) in [5.74, 6) is -1.48. The summed E-state index contributed by atoms with van der Waals surface area (Å²) in [6.45, 7) is 2.53. The third-order valence-electron chi connectivity index (χ3n) is 6.14. The predicted octanol–water partition coefficient (Wildman–Crippen LogP) is 1.20. The molecule has 0 spiro atoms. The van der Waals surface area contributed by atoms with Crippen LogP contribution < -0.4 is 4.72 Å². The number of likely N-dealkylation sites (tertiary alicyclic amines) is 1. The average Bonchev–Trinajstić information content (AvgIpc) is 3.08. The zero-order chi connectivity index (χ0) is 18.2. The number of carboxylic acids is 1. The van der Waals surface area contributed by atoms with Crippen LogP contribution in [0.15, 0.2) is 0 Å². The summed E-state index contributed by atoms with van der Waals surface area (Å²) in [6, 6.07) is -0.979. The van der Waals surface area contributed by atoms with E-state index in [1.54, 1.807) is 0 Å². The van der Waals surface area contributed by atoms with Crippen LogP contribution >= 0.6 is 0 Å². The van der Waals surface area contributed by atoms with E-state index < -0.39 is 33.7 Å². The third kappa shape index (κ3) is 4.16. The standard InChI is InChI=1S/C17H28N2O5S/c1-11-5-7-13(8-6-11)18-25(23,24)10-15(20)19-9-12-3-2-4-14(12)16(19)17(21)22/h11-14,16,18H,2-10H2,1H3,(H,21,22). The van der Waals surface area contributed by atoms with Crippen molar-refractivity contribution in [2.45, 2.75) is 64.0 Å². The normalized spacial score (nSPS) is 35.6. The Balaban J connectivity index is 1.61. The fourth-order valence-corrected chi connectivity index (χ4v) is 6.12. The maximum Gasteiger partial charge on any atom is 0.326 e. The molecule has 3 fully saturated rings. The van der Waals surface area contributed by atoms with E-state index in [1.165, 1.54) is 4.90 Å². The Kier molecular flexibility index (Phi) is 5.39. The molecule has 0 aromatic heterocycles. The molecule has 0 aromatic carbocycles. The number of nitrogens with zero attached hydrogens (tertiary/aromatic N) is 1. The van der Waals surface area contributed by atoms with E-state index in [0.29, 0.717) is 12.5 Å². The summed E-state index contributed by atoms with van der Waals surface area (Å²) >= 11 is 0. The number of sulfonamides is 1. The summed E-state index contributed by atoms with van der Waals surface area (Å²) in [7, 11) is -3.74. The smallest absolute Gasteiger partial charge is 0.326 e. The molecule has 1 amide bonds. The fourth-order valence-electron chi connectivity index (χ4n) is 4.80. The lowest BCUT2D eigenvalue weighted by atomic mass is 9.88. The Morgan fingerprint density at radius 3 is 2.44 bits per heavy atom. The highest BCUT2D eigenvalue weighted by atomic mass is 32.2. The number of carbonyl (C=O) groups is 2. The van der Waals surface area contributed by atoms with Gasteiger partial charge in [-0.2, -0.15) is 0 Å². The molecule has 2 N–H and O–H groups in total. The molecular weight excluding hydrogens is 344 g/mol. The number of fused-ring (bicyclic) bond motifs is 1. The molecule has 1 saturated heterocycles. The molecule has 1 heterocycles. The van der Waals surface area contributed by atoms with Gasteiger partial charge in [0.1, 0.15) is 11.8 Å². The van der Waals surface area contributed by atoms with Gasteiger partial charge < -0.3 is 10.0 Å². The summed E-state index contributed by atoms with van der Waals surface area (Å²) in [5.41, 5.74) is 0. The van der Waals surface area contributed by atoms with Crippen molar-refractivity contribution < 1.29 is 23.1 Å². The van der Waals surface area contributed by atoms with Gasteiger partial charge in [-0.15, -0.1) is 0 Å². The molecule has 142 valence electrons. The maximum atomic E-state index is 12.5. The number of aliphatic carboxylic acids is 1. The molecule has 2 saturated carbocycles. The largest absolute Gasteiger partial charge is 0.480 e. The summed E-state index contributed by atoms with van der Waals surface area (Å²) in [6.07, 6.45) is 6.26. The number of hydrogen-bond acceptors (Lipinski definition) is 4. The van der Waals surface area contributed by atoms with Gasteiger partial charge in [0.2, 0.25) is 15.9 Å². The van der Waals surface area contributed by atoms with Gasteiger partial charge in [0.25, 0.3) is 0 Å². The average molecular weight is 372 g/mol. The molecule has 0 bridgehead atoms. The van der Waals surface area contributed by atoms with Crippen LogP contribution in [-0.2, 0) is 19.6 Å². The van der Waals surface area contributed by atoms with Gasteiger partial charge in [0.15, 0.2) is 0 Å². The van der Waals surface area contributed by atoms with E-state index in [0.717, 1.165) is 44.9 Å². The third-order valence-corrected chi connectivity index (χ3v) is 7.46. The van der Waals surface area contributed by atoms with Crippen LogP contribution in [0.1, 0.15) is 51.9 Å². The first-order chi connectivity index (χ1) is 11.8. The second kappa shape index (κ2) is 7.23. The molecule has 2 aliphatic carbocycles. The Labute approximate surface area is 149 Å². The SMILES string of the molecule is CC1CCC(NS(=O)(=O)CC(=O)N2CC3CCCC3C2C(=O)O)CC1. The van der Waals surface area contributed by atoms with Gasteiger partial charge in [0, 0.05) is 12.6 Å². The summed E-state index contributed by atoms with van der Waals surface area (Å²) in [4.78, 5) is 25.4. The van der Waals surface area contributed by atoms with Crippen LogP contribution in [0.25, 0.3) is 0 Å². The highest BCUT2D eigenvalue weighted by molar-refractivity contribution is 7.90. The molecule has 8 heteroatoms. The molecule has 0 radical (unpaired) electrons. The number of rotatable bonds is 5. The van der Waals surface area contributed by atoms with Crippen LogP contribution in [0.5, 0.6) is 0 Å². The Bertz CT molecular complexity index is 627. The van der Waals surface area contributed by atoms with Gasteiger partial charge in [-0.1, -0.05) is 13.3 Å². The van der Waals surface area contributed by atoms with Crippen molar-refractivity contribution >= 4 is 21.9 Å². The topological polar surface area (TPSA) is 104 Å². The van der Waals surface area contributed by atoms with E-state index in [4.69, 9.17) is 0 Å². The molecule has 25 heavy (non-hydrogen) atoms. The highest BCUT2D eigenvalue weighted by Gasteiger charge is 2.49. The van der Waals surface area contributed by atoms with Crippen molar-refractivity contribution in [1.29, 1.82) is 0 Å². The molecule has 3 unspecified atom stereocenters. The fraction of sp³-hybridized carbons (Fsp3) is 0.882. The van der Waals surface area contributed by atoms with Crippen LogP contribution in [-0.4, -0.2) is 54.7 Å². The highest BCUT2D eigenvalue weighted by Crippen LogP contribution is 2.42. The van der Waals surface area contributed by atoms with Crippen LogP contribution in [0.4, 0.5) is 0 Å². The van der Waals surface area contributed by atoms with Gasteiger partial charge in [-0.3, -0.25) is 4.79 Å². The Morgan fingerprint density at radius 2 is 1.80 bits per heavy atom. The first kappa shape index (κ1) is 18.6. The van der Waals surface area contributed by atoms with Gasteiger partial charge in [-0.25, -0.2) is 17.9 Å². The molecule has 3 rings (SSSR count). The second-order valence-corrected chi connectivity index (χ2v) is 9.77. The van der Waals surface area contributed by atoms with Gasteiger partial charge >= 0.3 is 5.97 Å². The zero-order valence-corrected chi connectivity index (χ0v) is 15.5. The van der Waals surface area contributed by atoms with Crippen molar-refractivity contribution in [1.82, 2.24) is 9.62 Å². The number of carboxylic acid groups (broad SMARTS) is 1. The number of hydrogen-bond donors (Lipinski definition) is 2. The van der Waals surface area contributed by atoms with Crippen molar-refractivity contribution in [2.24, 2.45) is 17.8 Å². The van der Waals surface area contributed by atoms with E-state index in [2.05, 4.69) is 11.6 Å². The van der Waals surface area contributed by atoms with E-state index >= 15 is 0 Å². The predicted molar refractivity (Wildman–Crippen MR) is 92.3 cm³/mol. The maximum absolute atomic E-state index is 12.5. The van der Waals surface area contributed by atoms with Crippen molar-refractivity contribution in [2.75, 3.05) is 12.3 Å². The van der Waals surface area contributed by atoms with Gasteiger partial charge in [0.05, 0.1) is 0 Å². The number of carbonyl (C=O) groups excluding carboxylic acids is 1. The Hall–Kier alpha value is -1.15. The van der Waals surface area contributed by atoms with Crippen LogP contribution in [0.2, 0.25) is 0 Å². The monoisotopic (exact) mass is 372 g/mol. The van der Waals surface area contributed by atoms with Crippen molar-refractivity contribution in [3.05, 3.63) is 0 Å². The Morgan fingerprint density at radius 1 is 1.12 bits per heavy atom. The lowest BCUT2D eigenvalue weighted by Crippen LogP contribution is -2.48. The summed E-state index contributed by atoms with van der Waals surface area (Å²) < 4.78 is 27.4. The molecular formula is C17H28N2O5S. The minimum Gasteiger partial charge on any atom is -0.480 e. The number of amides is 1. The van der Waals surface area contributed by atoms with Gasteiger partial charge in [-0.05, 0) is 56.3 Å². The van der Waals surface area contributed by atoms with Crippen molar-refractivity contribution in [3.8, 4) is 0 Å². The second-order valence-electron chi connectivity index (χ2n) is 8.02.